The van der Waals surface area contributed by atoms with Crippen molar-refractivity contribution in [1.82, 2.24) is 0 Å². The largest absolute Gasteiger partial charge is 0.454 e. The maximum Gasteiger partial charge on any atom is 0.340 e. The van der Waals surface area contributed by atoms with Gasteiger partial charge in [0.25, 0.3) is 10.0 Å². The lowest BCUT2D eigenvalue weighted by Gasteiger charge is -2.20. The number of benzene rings is 3. The summed E-state index contributed by atoms with van der Waals surface area (Å²) >= 11 is 9.36. The standard InChI is InChI=1S/C22H17BrClNO5S/c1-25(17-8-3-2-4-9-17)31(28,29)18-10-11-20(24)19(13-18)22(27)30-14-21(26)15-6-5-7-16(23)12-15/h2-13H,14H2,1H3. The predicted octanol–water partition coefficient (Wildman–Crippen LogP) is 4.97. The van der Waals surface area contributed by atoms with Gasteiger partial charge in [0, 0.05) is 17.1 Å². The molecule has 0 unspecified atom stereocenters. The molecule has 0 aromatic heterocycles. The first-order valence-electron chi connectivity index (χ1n) is 8.99. The van der Waals surface area contributed by atoms with Crippen LogP contribution in [0.1, 0.15) is 20.7 Å². The zero-order valence-corrected chi connectivity index (χ0v) is 19.4. The molecular weight excluding hydrogens is 506 g/mol. The molecule has 0 N–H and O–H groups in total. The number of anilines is 1. The van der Waals surface area contributed by atoms with Crippen molar-refractivity contribution in [3.05, 3.63) is 93.4 Å². The Labute approximate surface area is 193 Å². The number of sulfonamides is 1. The van der Waals surface area contributed by atoms with Crippen molar-refractivity contribution >= 4 is 55.0 Å². The predicted molar refractivity (Wildman–Crippen MR) is 122 cm³/mol. The van der Waals surface area contributed by atoms with Gasteiger partial charge in [-0.05, 0) is 42.5 Å². The highest BCUT2D eigenvalue weighted by Crippen LogP contribution is 2.26. The molecule has 9 heteroatoms. The van der Waals surface area contributed by atoms with E-state index in [1.54, 1.807) is 54.6 Å². The van der Waals surface area contributed by atoms with Crippen molar-refractivity contribution in [3.63, 3.8) is 0 Å². The number of rotatable bonds is 7. The maximum absolute atomic E-state index is 13.0. The van der Waals surface area contributed by atoms with E-state index in [0.717, 1.165) is 10.4 Å². The van der Waals surface area contributed by atoms with Crippen molar-refractivity contribution in [2.24, 2.45) is 0 Å². The summed E-state index contributed by atoms with van der Waals surface area (Å²) in [5.74, 6) is -1.30. The van der Waals surface area contributed by atoms with Crippen LogP contribution in [0.25, 0.3) is 0 Å². The molecule has 0 fully saturated rings. The van der Waals surface area contributed by atoms with Crippen molar-refractivity contribution < 1.29 is 22.7 Å². The van der Waals surface area contributed by atoms with E-state index < -0.39 is 28.4 Å². The average molecular weight is 523 g/mol. The molecule has 0 aliphatic carbocycles. The number of halogens is 2. The Kier molecular flexibility index (Phi) is 7.15. The van der Waals surface area contributed by atoms with Gasteiger partial charge in [0.2, 0.25) is 0 Å². The second kappa shape index (κ2) is 9.64. The number of para-hydroxylation sites is 1. The second-order valence-electron chi connectivity index (χ2n) is 6.46. The van der Waals surface area contributed by atoms with Gasteiger partial charge in [0.1, 0.15) is 0 Å². The minimum absolute atomic E-state index is 0.0150. The molecule has 31 heavy (non-hydrogen) atoms. The summed E-state index contributed by atoms with van der Waals surface area (Å²) < 4.78 is 32.8. The molecule has 3 aromatic rings. The molecule has 0 bridgehead atoms. The normalized spacial score (nSPS) is 11.1. The smallest absolute Gasteiger partial charge is 0.340 e. The number of carbonyl (C=O) groups is 2. The number of carbonyl (C=O) groups excluding carboxylic acids is 2. The highest BCUT2D eigenvalue weighted by Gasteiger charge is 2.24. The molecule has 0 amide bonds. The summed E-state index contributed by atoms with van der Waals surface area (Å²) in [5.41, 5.74) is 0.682. The van der Waals surface area contributed by atoms with Gasteiger partial charge in [-0.1, -0.05) is 57.9 Å². The van der Waals surface area contributed by atoms with E-state index in [4.69, 9.17) is 16.3 Å². The SMILES string of the molecule is CN(c1ccccc1)S(=O)(=O)c1ccc(Cl)c(C(=O)OCC(=O)c2cccc(Br)c2)c1. The Bertz CT molecular complexity index is 1230. The van der Waals surface area contributed by atoms with Crippen molar-refractivity contribution in [3.8, 4) is 0 Å². The minimum atomic E-state index is -3.95. The first kappa shape index (κ1) is 23.0. The van der Waals surface area contributed by atoms with Gasteiger partial charge >= 0.3 is 5.97 Å². The molecule has 3 rings (SSSR count). The number of hydrogen-bond donors (Lipinski definition) is 0. The van der Waals surface area contributed by atoms with Crippen LogP contribution in [0, 0.1) is 0 Å². The number of ether oxygens (including phenoxy) is 1. The van der Waals surface area contributed by atoms with E-state index in [0.29, 0.717) is 15.7 Å². The third-order valence-corrected chi connectivity index (χ3v) is 7.02. The molecule has 160 valence electrons. The Morgan fingerprint density at radius 2 is 1.71 bits per heavy atom. The van der Waals surface area contributed by atoms with E-state index in [9.17, 15) is 18.0 Å². The number of Topliss-reactive ketones (excluding diaryl/α,β-unsaturated/α-hetero) is 1. The van der Waals surface area contributed by atoms with Gasteiger partial charge in [-0.3, -0.25) is 9.10 Å². The summed E-state index contributed by atoms with van der Waals surface area (Å²) in [7, 11) is -2.54. The fourth-order valence-electron chi connectivity index (χ4n) is 2.71. The van der Waals surface area contributed by atoms with Crippen LogP contribution in [-0.4, -0.2) is 33.8 Å². The molecular formula is C22H17BrClNO5S. The van der Waals surface area contributed by atoms with Gasteiger partial charge in [0.05, 0.1) is 21.2 Å². The van der Waals surface area contributed by atoms with Gasteiger partial charge in [-0.2, -0.15) is 0 Å². The highest BCUT2D eigenvalue weighted by atomic mass is 79.9. The lowest BCUT2D eigenvalue weighted by molar-refractivity contribution is 0.0474. The molecule has 0 atom stereocenters. The third kappa shape index (κ3) is 5.33. The molecule has 0 radical (unpaired) electrons. The molecule has 0 heterocycles. The first-order valence-corrected chi connectivity index (χ1v) is 11.6. The summed E-state index contributed by atoms with van der Waals surface area (Å²) in [6.45, 7) is -0.507. The Balaban J connectivity index is 1.80. The molecule has 0 spiro atoms. The maximum atomic E-state index is 13.0. The topological polar surface area (TPSA) is 80.8 Å². The zero-order valence-electron chi connectivity index (χ0n) is 16.3. The summed E-state index contributed by atoms with van der Waals surface area (Å²) in [6.07, 6.45) is 0. The van der Waals surface area contributed by atoms with E-state index in [1.165, 1.54) is 19.2 Å². The molecule has 3 aromatic carbocycles. The molecule has 0 aliphatic rings. The Hall–Kier alpha value is -2.68. The van der Waals surface area contributed by atoms with E-state index >= 15 is 0 Å². The van der Waals surface area contributed by atoms with Gasteiger partial charge in [0.15, 0.2) is 12.4 Å². The van der Waals surface area contributed by atoms with Crippen LogP contribution in [0.15, 0.2) is 82.2 Å². The Morgan fingerprint density at radius 1 is 1.00 bits per heavy atom. The quantitative estimate of drug-likeness (QED) is 0.323. The van der Waals surface area contributed by atoms with E-state index in [2.05, 4.69) is 15.9 Å². The summed E-state index contributed by atoms with van der Waals surface area (Å²) in [5, 5.41) is 0.0150. The van der Waals surface area contributed by atoms with Crippen molar-refractivity contribution in [1.29, 1.82) is 0 Å². The third-order valence-electron chi connectivity index (χ3n) is 4.42. The van der Waals surface area contributed by atoms with Crippen molar-refractivity contribution in [2.45, 2.75) is 4.90 Å². The molecule has 0 aliphatic heterocycles. The van der Waals surface area contributed by atoms with Crippen LogP contribution < -0.4 is 4.31 Å². The summed E-state index contributed by atoms with van der Waals surface area (Å²) in [6, 6.07) is 18.9. The van der Waals surface area contributed by atoms with Crippen LogP contribution in [-0.2, 0) is 14.8 Å². The molecule has 0 saturated heterocycles. The summed E-state index contributed by atoms with van der Waals surface area (Å²) in [4.78, 5) is 24.6. The monoisotopic (exact) mass is 521 g/mol. The first-order chi connectivity index (χ1) is 14.7. The number of esters is 1. The number of ketones is 1. The lowest BCUT2D eigenvalue weighted by atomic mass is 10.1. The van der Waals surface area contributed by atoms with Crippen LogP contribution in [0.3, 0.4) is 0 Å². The minimum Gasteiger partial charge on any atom is -0.454 e. The average Bonchev–Trinajstić information content (AvgIpc) is 2.77. The second-order valence-corrected chi connectivity index (χ2v) is 9.75. The van der Waals surface area contributed by atoms with Crippen LogP contribution in [0.4, 0.5) is 5.69 Å². The fourth-order valence-corrected chi connectivity index (χ4v) is 4.53. The van der Waals surface area contributed by atoms with Crippen LogP contribution >= 0.6 is 27.5 Å². The Morgan fingerprint density at radius 3 is 2.39 bits per heavy atom. The van der Waals surface area contributed by atoms with Crippen LogP contribution in [0.2, 0.25) is 5.02 Å². The number of nitrogens with zero attached hydrogens (tertiary/aromatic N) is 1. The van der Waals surface area contributed by atoms with Crippen LogP contribution in [0.5, 0.6) is 0 Å². The van der Waals surface area contributed by atoms with Gasteiger partial charge in [-0.15, -0.1) is 0 Å². The fraction of sp³-hybridized carbons (Fsp3) is 0.0909. The van der Waals surface area contributed by atoms with Gasteiger partial charge < -0.3 is 4.74 Å². The van der Waals surface area contributed by atoms with E-state index in [1.807, 2.05) is 0 Å². The van der Waals surface area contributed by atoms with E-state index in [-0.39, 0.29) is 15.5 Å². The zero-order chi connectivity index (χ0) is 22.6. The molecule has 6 nitrogen and oxygen atoms in total. The highest BCUT2D eigenvalue weighted by molar-refractivity contribution is 9.10. The van der Waals surface area contributed by atoms with Gasteiger partial charge in [-0.25, -0.2) is 13.2 Å². The van der Waals surface area contributed by atoms with Crippen molar-refractivity contribution in [2.75, 3.05) is 18.0 Å². The molecule has 0 saturated carbocycles. The number of hydrogen-bond acceptors (Lipinski definition) is 5. The lowest BCUT2D eigenvalue weighted by Crippen LogP contribution is -2.26.